The first kappa shape index (κ1) is 27.7. The second-order valence-corrected chi connectivity index (χ2v) is 9.32. The molecule has 0 fully saturated rings. The van der Waals surface area contributed by atoms with Crippen LogP contribution in [-0.4, -0.2) is 49.8 Å². The molecule has 4 aromatic rings. The number of nitrogens with zero attached hydrogens (tertiary/aromatic N) is 3. The van der Waals surface area contributed by atoms with E-state index in [4.69, 9.17) is 0 Å². The number of alkyl halides is 3. The molecule has 0 bridgehead atoms. The number of Topliss-reactive ketones (excluding diaryl/α,β-unsaturated/α-hetero) is 1. The molecule has 2 amide bonds. The summed E-state index contributed by atoms with van der Waals surface area (Å²) in [6.07, 6.45) is -4.47. The molecule has 212 valence electrons. The van der Waals surface area contributed by atoms with Crippen LogP contribution in [0, 0.1) is 5.82 Å². The molecule has 1 aliphatic carbocycles. The largest absolute Gasteiger partial charge is 0.573 e. The van der Waals surface area contributed by atoms with E-state index < -0.39 is 41.9 Å². The van der Waals surface area contributed by atoms with Crippen LogP contribution in [0.3, 0.4) is 0 Å². The van der Waals surface area contributed by atoms with Gasteiger partial charge in [0.05, 0.1) is 18.3 Å². The van der Waals surface area contributed by atoms with Gasteiger partial charge in [-0.2, -0.15) is 5.10 Å². The van der Waals surface area contributed by atoms with Crippen LogP contribution in [0.15, 0.2) is 54.7 Å². The zero-order chi connectivity index (χ0) is 29.5. The molecule has 0 unspecified atom stereocenters. The number of carbonyl (C=O) groups excluding carboxylic acids is 3. The van der Waals surface area contributed by atoms with E-state index in [1.807, 2.05) is 0 Å². The van der Waals surface area contributed by atoms with E-state index in [0.717, 1.165) is 17.7 Å². The number of fused-ring (bicyclic) bond motifs is 2. The molecular weight excluding hydrogens is 550 g/mol. The number of rotatable bonds is 7. The SMILES string of the molecule is CC(=O)c1ccc2c(c1)C[C@@H](O)[C@@H]2NC(=O)c1cc(C(=O)NCc2ccc(F)c(OC(F)(F)F)c2)nc2ccnn12. The van der Waals surface area contributed by atoms with Gasteiger partial charge in [-0.3, -0.25) is 14.4 Å². The summed E-state index contributed by atoms with van der Waals surface area (Å²) in [5, 5.41) is 19.9. The van der Waals surface area contributed by atoms with Crippen molar-refractivity contribution in [3.63, 3.8) is 0 Å². The van der Waals surface area contributed by atoms with Crippen molar-refractivity contribution >= 4 is 23.2 Å². The second kappa shape index (κ2) is 10.6. The Morgan fingerprint density at radius 2 is 1.88 bits per heavy atom. The first-order valence-electron chi connectivity index (χ1n) is 12.2. The molecule has 2 aromatic carbocycles. The van der Waals surface area contributed by atoms with Gasteiger partial charge in [0.2, 0.25) is 0 Å². The van der Waals surface area contributed by atoms with E-state index in [2.05, 4.69) is 25.5 Å². The third-order valence-corrected chi connectivity index (χ3v) is 6.48. The average Bonchev–Trinajstić information content (AvgIpc) is 3.51. The van der Waals surface area contributed by atoms with Crippen molar-refractivity contribution in [1.82, 2.24) is 25.2 Å². The van der Waals surface area contributed by atoms with Crippen molar-refractivity contribution in [3.05, 3.63) is 94.2 Å². The van der Waals surface area contributed by atoms with Gasteiger partial charge in [0.1, 0.15) is 11.4 Å². The number of halogens is 4. The summed E-state index contributed by atoms with van der Waals surface area (Å²) in [6.45, 7) is 1.13. The maximum atomic E-state index is 13.7. The van der Waals surface area contributed by atoms with Gasteiger partial charge >= 0.3 is 6.36 Å². The number of aliphatic hydroxyl groups is 1. The monoisotopic (exact) mass is 571 g/mol. The van der Waals surface area contributed by atoms with Crippen LogP contribution < -0.4 is 15.4 Å². The lowest BCUT2D eigenvalue weighted by molar-refractivity contribution is -0.275. The Morgan fingerprint density at radius 1 is 1.10 bits per heavy atom. The zero-order valence-electron chi connectivity index (χ0n) is 21.2. The maximum Gasteiger partial charge on any atom is 0.573 e. The van der Waals surface area contributed by atoms with Gasteiger partial charge in [0, 0.05) is 30.7 Å². The minimum Gasteiger partial charge on any atom is -0.403 e. The standard InChI is InChI=1S/C27H21F4N5O5/c1-13(37)15-3-4-17-16(9-15)10-21(38)24(17)35-26(40)20-11-19(34-23-6-7-33-36(20)23)25(39)32-12-14-2-5-18(28)22(8-14)41-27(29,30)31/h2-9,11,21,24,38H,10,12H2,1H3,(H,32,39)(H,35,40)/t21-,24-/m1/s1. The maximum absolute atomic E-state index is 13.7. The predicted octanol–water partition coefficient (Wildman–Crippen LogP) is 3.29. The van der Waals surface area contributed by atoms with Gasteiger partial charge < -0.3 is 20.5 Å². The third-order valence-electron chi connectivity index (χ3n) is 6.48. The molecule has 0 aliphatic heterocycles. The fourth-order valence-corrected chi connectivity index (χ4v) is 4.57. The lowest BCUT2D eigenvalue weighted by atomic mass is 10.0. The highest BCUT2D eigenvalue weighted by Gasteiger charge is 2.34. The summed E-state index contributed by atoms with van der Waals surface area (Å²) in [5.41, 5.74) is 1.85. The molecular formula is C27H21F4N5O5. The molecule has 14 heteroatoms. The average molecular weight is 571 g/mol. The number of ketones is 1. The highest BCUT2D eigenvalue weighted by atomic mass is 19.4. The highest BCUT2D eigenvalue weighted by molar-refractivity contribution is 5.98. The minimum atomic E-state index is -5.10. The second-order valence-electron chi connectivity index (χ2n) is 9.32. The summed E-state index contributed by atoms with van der Waals surface area (Å²) >= 11 is 0. The Labute approximate surface area is 229 Å². The molecule has 2 aromatic heterocycles. The summed E-state index contributed by atoms with van der Waals surface area (Å²) in [7, 11) is 0. The van der Waals surface area contributed by atoms with E-state index in [9.17, 15) is 37.1 Å². The predicted molar refractivity (Wildman–Crippen MR) is 134 cm³/mol. The molecule has 10 nitrogen and oxygen atoms in total. The minimum absolute atomic E-state index is 0.0752. The number of aliphatic hydroxyl groups excluding tert-OH is 1. The van der Waals surface area contributed by atoms with Crippen molar-refractivity contribution in [2.45, 2.75) is 38.4 Å². The molecule has 2 atom stereocenters. The molecule has 3 N–H and O–H groups in total. The number of amides is 2. The third kappa shape index (κ3) is 5.87. The van der Waals surface area contributed by atoms with Crippen LogP contribution in [0.1, 0.15) is 61.0 Å². The Hall–Kier alpha value is -4.85. The smallest absolute Gasteiger partial charge is 0.403 e. The molecule has 0 saturated heterocycles. The van der Waals surface area contributed by atoms with Gasteiger partial charge in [-0.25, -0.2) is 13.9 Å². The van der Waals surface area contributed by atoms with Crippen LogP contribution >= 0.6 is 0 Å². The van der Waals surface area contributed by atoms with Crippen molar-refractivity contribution in [3.8, 4) is 5.75 Å². The van der Waals surface area contributed by atoms with Crippen LogP contribution in [-0.2, 0) is 13.0 Å². The van der Waals surface area contributed by atoms with Gasteiger partial charge in [0.25, 0.3) is 11.8 Å². The highest BCUT2D eigenvalue weighted by Crippen LogP contribution is 2.33. The number of benzene rings is 2. The number of aromatic nitrogens is 3. The van der Waals surface area contributed by atoms with Gasteiger partial charge in [-0.1, -0.05) is 18.2 Å². The molecule has 0 saturated carbocycles. The lowest BCUT2D eigenvalue weighted by Gasteiger charge is -2.18. The Balaban J connectivity index is 1.35. The fraction of sp³-hybridized carbons (Fsp3) is 0.222. The summed E-state index contributed by atoms with van der Waals surface area (Å²) in [4.78, 5) is 42.1. The molecule has 0 radical (unpaired) electrons. The number of nitrogens with one attached hydrogen (secondary N) is 2. The summed E-state index contributed by atoms with van der Waals surface area (Å²) in [6, 6.07) is 9.55. The lowest BCUT2D eigenvalue weighted by Crippen LogP contribution is -2.35. The molecule has 41 heavy (non-hydrogen) atoms. The van der Waals surface area contributed by atoms with Crippen molar-refractivity contribution in [2.75, 3.05) is 0 Å². The first-order valence-corrected chi connectivity index (χ1v) is 12.2. The normalized spacial score (nSPS) is 16.3. The zero-order valence-corrected chi connectivity index (χ0v) is 21.2. The number of hydrogen-bond acceptors (Lipinski definition) is 7. The van der Waals surface area contributed by atoms with E-state index in [-0.39, 0.29) is 41.3 Å². The Bertz CT molecular complexity index is 1690. The van der Waals surface area contributed by atoms with Crippen LogP contribution in [0.5, 0.6) is 5.75 Å². The summed E-state index contributed by atoms with van der Waals surface area (Å²) in [5.74, 6) is -3.85. The Morgan fingerprint density at radius 3 is 2.61 bits per heavy atom. The van der Waals surface area contributed by atoms with E-state index in [0.29, 0.717) is 11.1 Å². The van der Waals surface area contributed by atoms with Crippen molar-refractivity contribution in [2.24, 2.45) is 0 Å². The van der Waals surface area contributed by atoms with Crippen LogP contribution in [0.4, 0.5) is 17.6 Å². The van der Waals surface area contributed by atoms with Gasteiger partial charge in [0.15, 0.2) is 23.0 Å². The van der Waals surface area contributed by atoms with Gasteiger partial charge in [-0.05, 0) is 41.8 Å². The number of ether oxygens (including phenoxy) is 1. The molecule has 5 rings (SSSR count). The topological polar surface area (TPSA) is 135 Å². The molecule has 2 heterocycles. The van der Waals surface area contributed by atoms with Crippen LogP contribution in [0.2, 0.25) is 0 Å². The van der Waals surface area contributed by atoms with Crippen LogP contribution in [0.25, 0.3) is 5.65 Å². The van der Waals surface area contributed by atoms with E-state index in [1.54, 1.807) is 18.2 Å². The quantitative estimate of drug-likeness (QED) is 0.229. The fourth-order valence-electron chi connectivity index (χ4n) is 4.57. The molecule has 0 spiro atoms. The Kier molecular flexibility index (Phi) is 7.17. The van der Waals surface area contributed by atoms with E-state index >= 15 is 0 Å². The van der Waals surface area contributed by atoms with E-state index in [1.165, 1.54) is 35.8 Å². The number of carbonyl (C=O) groups is 3. The first-order chi connectivity index (χ1) is 19.4. The number of hydrogen-bond donors (Lipinski definition) is 3. The van der Waals surface area contributed by atoms with Gasteiger partial charge in [-0.15, -0.1) is 13.2 Å². The molecule has 1 aliphatic rings. The summed E-state index contributed by atoms with van der Waals surface area (Å²) < 4.78 is 56.1. The van der Waals surface area contributed by atoms with Crippen molar-refractivity contribution < 1.29 is 41.8 Å². The van der Waals surface area contributed by atoms with Crippen molar-refractivity contribution in [1.29, 1.82) is 0 Å².